The second kappa shape index (κ2) is 13.5. The van der Waals surface area contributed by atoms with Crippen molar-refractivity contribution in [2.24, 2.45) is 5.92 Å². The number of allylic oxidation sites excluding steroid dienone is 1. The first kappa shape index (κ1) is 30.4. The van der Waals surface area contributed by atoms with Gasteiger partial charge in [-0.3, -0.25) is 9.69 Å². The lowest BCUT2D eigenvalue weighted by molar-refractivity contribution is -0.205. The highest BCUT2D eigenvalue weighted by molar-refractivity contribution is 8.00. The SMILES string of the molecule is CSC1O[C@H]([C@H](NC(=O)[C@@H]2[C@@H]3OCC=CC[C@H]3CN2C)[C@H](C)Sc2ccc(-c3cncnc3)cc2)[C@@H](O)C(O)[C@H]1O. The first-order valence-corrected chi connectivity index (χ1v) is 16.0. The lowest BCUT2D eigenvalue weighted by atomic mass is 9.92. The third-order valence-electron chi connectivity index (χ3n) is 8.11. The summed E-state index contributed by atoms with van der Waals surface area (Å²) in [5, 5.41) is 35.1. The maximum Gasteiger partial charge on any atom is 0.240 e. The van der Waals surface area contributed by atoms with Crippen molar-refractivity contribution in [3.63, 3.8) is 0 Å². The lowest BCUT2D eigenvalue weighted by Crippen LogP contribution is -2.65. The number of hydrogen-bond acceptors (Lipinski definition) is 11. The van der Waals surface area contributed by atoms with Crippen molar-refractivity contribution in [1.29, 1.82) is 0 Å². The maximum absolute atomic E-state index is 13.9. The molecule has 0 aliphatic carbocycles. The number of likely N-dealkylation sites (tertiary alicyclic amines) is 1. The van der Waals surface area contributed by atoms with Gasteiger partial charge >= 0.3 is 0 Å². The number of carbonyl (C=O) groups is 1. The molecule has 0 radical (unpaired) electrons. The Hall–Kier alpha value is -2.03. The van der Waals surface area contributed by atoms with Crippen LogP contribution in [0.25, 0.3) is 11.1 Å². The van der Waals surface area contributed by atoms with Crippen molar-refractivity contribution >= 4 is 29.4 Å². The van der Waals surface area contributed by atoms with Crippen LogP contribution in [-0.2, 0) is 14.3 Å². The number of nitrogens with zero attached hydrogens (tertiary/aromatic N) is 3. The number of carbonyl (C=O) groups excluding carboxylic acids is 1. The molecule has 1 aromatic carbocycles. The summed E-state index contributed by atoms with van der Waals surface area (Å²) in [5.74, 6) is -0.00136. The minimum absolute atomic E-state index is 0.211. The van der Waals surface area contributed by atoms with Crippen molar-refractivity contribution in [2.45, 2.75) is 71.5 Å². The molecule has 2 saturated heterocycles. The number of thioether (sulfide) groups is 2. The number of rotatable bonds is 8. The molecule has 4 heterocycles. The van der Waals surface area contributed by atoms with Gasteiger partial charge in [-0.25, -0.2) is 9.97 Å². The largest absolute Gasteiger partial charge is 0.388 e. The smallest absolute Gasteiger partial charge is 0.240 e. The second-order valence-electron chi connectivity index (χ2n) is 10.8. The van der Waals surface area contributed by atoms with E-state index in [0.29, 0.717) is 6.61 Å². The van der Waals surface area contributed by atoms with Gasteiger partial charge in [0.1, 0.15) is 42.2 Å². The molecule has 4 N–H and O–H groups in total. The molecule has 0 spiro atoms. The van der Waals surface area contributed by atoms with Crippen LogP contribution >= 0.6 is 23.5 Å². The molecule has 41 heavy (non-hydrogen) atoms. The zero-order valence-corrected chi connectivity index (χ0v) is 24.9. The van der Waals surface area contributed by atoms with Crippen LogP contribution in [0, 0.1) is 5.92 Å². The summed E-state index contributed by atoms with van der Waals surface area (Å²) in [6.45, 7) is 3.16. The highest BCUT2D eigenvalue weighted by Gasteiger charge is 2.50. The maximum atomic E-state index is 13.9. The van der Waals surface area contributed by atoms with Crippen molar-refractivity contribution in [3.8, 4) is 11.1 Å². The molecule has 222 valence electrons. The normalized spacial score (nSPS) is 33.5. The highest BCUT2D eigenvalue weighted by Crippen LogP contribution is 2.35. The Morgan fingerprint density at radius 2 is 1.80 bits per heavy atom. The van der Waals surface area contributed by atoms with Crippen LogP contribution in [0.1, 0.15) is 13.3 Å². The first-order valence-electron chi connectivity index (χ1n) is 13.8. The van der Waals surface area contributed by atoms with Gasteiger partial charge in [-0.1, -0.05) is 31.2 Å². The predicted octanol–water partition coefficient (Wildman–Crippen LogP) is 1.55. The van der Waals surface area contributed by atoms with Gasteiger partial charge in [-0.15, -0.1) is 23.5 Å². The van der Waals surface area contributed by atoms with E-state index >= 15 is 0 Å². The molecule has 2 unspecified atom stereocenters. The van der Waals surface area contributed by atoms with Gasteiger partial charge in [0.25, 0.3) is 0 Å². The Balaban J connectivity index is 1.38. The van der Waals surface area contributed by atoms with Gasteiger partial charge in [0.2, 0.25) is 5.91 Å². The Kier molecular flexibility index (Phi) is 10.0. The number of hydrogen-bond donors (Lipinski definition) is 4. The average Bonchev–Trinajstić information content (AvgIpc) is 3.13. The molecule has 3 aliphatic rings. The Labute approximate surface area is 248 Å². The molecular weight excluding hydrogens is 564 g/mol. The fourth-order valence-corrected chi connectivity index (χ4v) is 7.70. The summed E-state index contributed by atoms with van der Waals surface area (Å²) < 4.78 is 12.2. The number of ether oxygens (including phenoxy) is 2. The van der Waals surface area contributed by atoms with Crippen LogP contribution in [0.2, 0.25) is 0 Å². The minimum atomic E-state index is -1.41. The van der Waals surface area contributed by atoms with Crippen molar-refractivity contribution < 1.29 is 29.6 Å². The number of aliphatic hydroxyl groups excluding tert-OH is 3. The Morgan fingerprint density at radius 1 is 1.07 bits per heavy atom. The van der Waals surface area contributed by atoms with Gasteiger partial charge in [-0.05, 0) is 37.4 Å². The minimum Gasteiger partial charge on any atom is -0.388 e. The van der Waals surface area contributed by atoms with Crippen molar-refractivity contribution in [3.05, 3.63) is 55.1 Å². The topological polar surface area (TPSA) is 137 Å². The highest BCUT2D eigenvalue weighted by atomic mass is 32.2. The number of benzene rings is 1. The van der Waals surface area contributed by atoms with Crippen LogP contribution < -0.4 is 5.32 Å². The van der Waals surface area contributed by atoms with Gasteiger partial charge in [0.15, 0.2) is 0 Å². The van der Waals surface area contributed by atoms with Crippen LogP contribution in [0.15, 0.2) is 60.0 Å². The molecule has 1 amide bonds. The van der Waals surface area contributed by atoms with Crippen molar-refractivity contribution in [2.75, 3.05) is 26.5 Å². The van der Waals surface area contributed by atoms with E-state index < -0.39 is 41.9 Å². The fourth-order valence-electron chi connectivity index (χ4n) is 5.93. The standard InChI is InChI=1S/C29H38N4O6S2/c1-16(41-20-9-7-17(8-10-20)19-12-30-15-31-13-19)21(27-24(35)23(34)25(36)29(39-27)40-3)32-28(37)22-26-18(14-33(22)2)6-4-5-11-38-26/h4-5,7-10,12-13,15-16,18,21-27,29,34-36H,6,11,14H2,1-3H3,(H,32,37)/t16-,18-,21+,22-,23?,24-,25+,26+,27+,29?/m0/s1. The molecular formula is C29H38N4O6S2. The number of fused-ring (bicyclic) bond motifs is 1. The van der Waals surface area contributed by atoms with Crippen LogP contribution in [0.3, 0.4) is 0 Å². The first-order chi connectivity index (χ1) is 19.8. The van der Waals surface area contributed by atoms with Gasteiger partial charge in [0.05, 0.1) is 18.8 Å². The van der Waals surface area contributed by atoms with E-state index in [9.17, 15) is 20.1 Å². The molecule has 1 aromatic heterocycles. The van der Waals surface area contributed by atoms with Gasteiger partial charge in [0, 0.05) is 40.6 Å². The van der Waals surface area contributed by atoms with Crippen LogP contribution in [0.5, 0.6) is 0 Å². The van der Waals surface area contributed by atoms with E-state index in [1.807, 2.05) is 49.2 Å². The molecule has 0 bridgehead atoms. The summed E-state index contributed by atoms with van der Waals surface area (Å²) in [6.07, 6.45) is 6.47. The van der Waals surface area contributed by atoms with E-state index in [4.69, 9.17) is 9.47 Å². The van der Waals surface area contributed by atoms with E-state index in [-0.39, 0.29) is 23.2 Å². The Morgan fingerprint density at radius 3 is 2.51 bits per heavy atom. The van der Waals surface area contributed by atoms with E-state index in [2.05, 4.69) is 21.4 Å². The number of aromatic nitrogens is 2. The monoisotopic (exact) mass is 602 g/mol. The van der Waals surface area contributed by atoms with E-state index in [1.165, 1.54) is 29.9 Å². The molecule has 10 nitrogen and oxygen atoms in total. The molecule has 10 atom stereocenters. The summed E-state index contributed by atoms with van der Waals surface area (Å²) in [4.78, 5) is 25.1. The van der Waals surface area contributed by atoms with E-state index in [0.717, 1.165) is 29.0 Å². The fraction of sp³-hybridized carbons (Fsp3) is 0.552. The predicted molar refractivity (Wildman–Crippen MR) is 158 cm³/mol. The number of likely N-dealkylation sites (N-methyl/N-ethyl adjacent to an activating group) is 1. The number of aliphatic hydroxyl groups is 3. The third kappa shape index (κ3) is 6.65. The number of nitrogens with one attached hydrogen (secondary N) is 1. The molecule has 2 fully saturated rings. The number of amides is 1. The Bertz CT molecular complexity index is 1190. The zero-order chi connectivity index (χ0) is 29.1. The lowest BCUT2D eigenvalue weighted by Gasteiger charge is -2.45. The van der Waals surface area contributed by atoms with Gasteiger partial charge in [-0.2, -0.15) is 0 Å². The molecule has 2 aromatic rings. The summed E-state index contributed by atoms with van der Waals surface area (Å²) >= 11 is 2.78. The molecule has 5 rings (SSSR count). The van der Waals surface area contributed by atoms with Crippen molar-refractivity contribution in [1.82, 2.24) is 20.2 Å². The van der Waals surface area contributed by atoms with Crippen LogP contribution in [0.4, 0.5) is 0 Å². The quantitative estimate of drug-likeness (QED) is 0.259. The molecule has 12 heteroatoms. The van der Waals surface area contributed by atoms with E-state index in [1.54, 1.807) is 18.6 Å². The zero-order valence-electron chi connectivity index (χ0n) is 23.3. The summed E-state index contributed by atoms with van der Waals surface area (Å²) in [6, 6.07) is 6.78. The van der Waals surface area contributed by atoms with Gasteiger partial charge < -0.3 is 30.1 Å². The molecule has 0 saturated carbocycles. The summed E-state index contributed by atoms with van der Waals surface area (Å²) in [5.41, 5.74) is 1.14. The average molecular weight is 603 g/mol. The molecule has 3 aliphatic heterocycles. The summed E-state index contributed by atoms with van der Waals surface area (Å²) in [7, 11) is 1.92. The van der Waals surface area contributed by atoms with Crippen LogP contribution in [-0.4, -0.2) is 116 Å². The second-order valence-corrected chi connectivity index (χ2v) is 13.2. The third-order valence-corrected chi connectivity index (χ3v) is 10.2.